The Balaban J connectivity index is 1.30. The third-order valence-corrected chi connectivity index (χ3v) is 9.38. The molecule has 1 saturated heterocycles. The number of aromatic nitrogens is 4. The molecule has 2 aromatic heterocycles. The first kappa shape index (κ1) is 30.9. The average molecular weight is 641 g/mol. The molecule has 2 aromatic carbocycles. The lowest BCUT2D eigenvalue weighted by Crippen LogP contribution is -2.24. The first-order valence-electron chi connectivity index (χ1n) is 16.0. The molecule has 4 heterocycles. The largest absolute Gasteiger partial charge is 0.416 e. The number of amides is 1. The number of halogens is 3. The van der Waals surface area contributed by atoms with E-state index in [9.17, 15) is 23.2 Å². The van der Waals surface area contributed by atoms with Crippen LogP contribution in [0.1, 0.15) is 65.2 Å². The van der Waals surface area contributed by atoms with Crippen LogP contribution in [0.15, 0.2) is 48.8 Å². The molecule has 2 fully saturated rings. The van der Waals surface area contributed by atoms with E-state index in [2.05, 4.69) is 33.4 Å². The molecule has 7 rings (SSSR count). The number of rotatable bonds is 9. The van der Waals surface area contributed by atoms with E-state index in [1.807, 2.05) is 13.1 Å². The van der Waals surface area contributed by atoms with E-state index in [1.54, 1.807) is 41.2 Å². The highest BCUT2D eigenvalue weighted by Crippen LogP contribution is 2.41. The van der Waals surface area contributed by atoms with Crippen LogP contribution < -0.4 is 10.2 Å². The summed E-state index contributed by atoms with van der Waals surface area (Å²) < 4.78 is 45.2. The van der Waals surface area contributed by atoms with Crippen LogP contribution in [0, 0.1) is 23.2 Å². The zero-order valence-corrected chi connectivity index (χ0v) is 26.3. The number of hydrogen-bond donors (Lipinski definition) is 1. The van der Waals surface area contributed by atoms with Crippen molar-refractivity contribution in [2.75, 3.05) is 29.9 Å². The SMILES string of the molecule is C[C@H]1CCN(Cc2cc3c(c(C(F)(F)F)c2)CN(c2cc(-c4cc(C#N)ccc4-c4nncn4C)cc(NCCC4CC4)n2)C3=O)C1. The van der Waals surface area contributed by atoms with Crippen molar-refractivity contribution in [1.29, 1.82) is 5.26 Å². The van der Waals surface area contributed by atoms with Crippen molar-refractivity contribution in [2.45, 2.75) is 51.9 Å². The van der Waals surface area contributed by atoms with Crippen LogP contribution in [0.2, 0.25) is 0 Å². The van der Waals surface area contributed by atoms with Gasteiger partial charge in [0.2, 0.25) is 0 Å². The molecular weight excluding hydrogens is 605 g/mol. The highest BCUT2D eigenvalue weighted by molar-refractivity contribution is 6.10. The number of anilines is 2. The molecule has 12 heteroatoms. The van der Waals surface area contributed by atoms with Gasteiger partial charge in [0.15, 0.2) is 5.82 Å². The molecule has 242 valence electrons. The number of likely N-dealkylation sites (tertiary alicyclic amines) is 1. The molecule has 9 nitrogen and oxygen atoms in total. The van der Waals surface area contributed by atoms with Gasteiger partial charge in [-0.2, -0.15) is 18.4 Å². The Hall–Kier alpha value is -4.76. The number of aryl methyl sites for hydroxylation is 1. The van der Waals surface area contributed by atoms with Crippen LogP contribution in [-0.2, 0) is 26.3 Å². The highest BCUT2D eigenvalue weighted by Gasteiger charge is 2.41. The second kappa shape index (κ2) is 12.1. The molecule has 0 bridgehead atoms. The van der Waals surface area contributed by atoms with Crippen molar-refractivity contribution >= 4 is 17.5 Å². The Kier molecular flexibility index (Phi) is 7.96. The number of carbonyl (C=O) groups is 1. The topological polar surface area (TPSA) is 103 Å². The van der Waals surface area contributed by atoms with Crippen molar-refractivity contribution in [1.82, 2.24) is 24.6 Å². The Bertz CT molecular complexity index is 1890. The summed E-state index contributed by atoms with van der Waals surface area (Å²) >= 11 is 0. The molecule has 47 heavy (non-hydrogen) atoms. The van der Waals surface area contributed by atoms with Crippen molar-refractivity contribution in [2.24, 2.45) is 18.9 Å². The van der Waals surface area contributed by atoms with Gasteiger partial charge in [-0.05, 0) is 95.9 Å². The molecule has 2 aliphatic heterocycles. The maximum atomic E-state index is 14.5. The smallest absolute Gasteiger partial charge is 0.370 e. The van der Waals surface area contributed by atoms with E-state index in [1.165, 1.54) is 23.8 Å². The van der Waals surface area contributed by atoms with Gasteiger partial charge in [0.25, 0.3) is 5.91 Å². The van der Waals surface area contributed by atoms with Gasteiger partial charge in [0, 0.05) is 37.8 Å². The highest BCUT2D eigenvalue weighted by atomic mass is 19.4. The monoisotopic (exact) mass is 640 g/mol. The molecule has 1 atom stereocenters. The molecular formula is C35H35F3N8O. The quantitative estimate of drug-likeness (QED) is 0.219. The summed E-state index contributed by atoms with van der Waals surface area (Å²) in [5.74, 6) is 1.94. The third-order valence-electron chi connectivity index (χ3n) is 9.38. The summed E-state index contributed by atoms with van der Waals surface area (Å²) in [6.45, 7) is 4.53. The summed E-state index contributed by atoms with van der Waals surface area (Å²) in [5.41, 5.74) is 2.16. The van der Waals surface area contributed by atoms with Crippen molar-refractivity contribution < 1.29 is 18.0 Å². The summed E-state index contributed by atoms with van der Waals surface area (Å²) in [4.78, 5) is 22.2. The summed E-state index contributed by atoms with van der Waals surface area (Å²) in [6, 6.07) is 13.8. The summed E-state index contributed by atoms with van der Waals surface area (Å²) in [6.07, 6.45) is 1.32. The van der Waals surface area contributed by atoms with E-state index in [4.69, 9.17) is 4.98 Å². The molecule has 1 amide bonds. The number of nitrogens with zero attached hydrogens (tertiary/aromatic N) is 7. The van der Waals surface area contributed by atoms with Gasteiger partial charge in [0.1, 0.15) is 18.0 Å². The number of carbonyl (C=O) groups excluding carboxylic acids is 1. The molecule has 1 aliphatic carbocycles. The molecule has 3 aliphatic rings. The first-order valence-corrected chi connectivity index (χ1v) is 16.0. The lowest BCUT2D eigenvalue weighted by molar-refractivity contribution is -0.138. The van der Waals surface area contributed by atoms with Crippen molar-refractivity contribution in [3.05, 3.63) is 76.6 Å². The molecule has 1 N–H and O–H groups in total. The molecule has 1 saturated carbocycles. The molecule has 0 unspecified atom stereocenters. The number of alkyl halides is 3. The minimum Gasteiger partial charge on any atom is -0.370 e. The van der Waals surface area contributed by atoms with Crippen LogP contribution >= 0.6 is 0 Å². The predicted octanol–water partition coefficient (Wildman–Crippen LogP) is 6.65. The molecule has 0 radical (unpaired) electrons. The lowest BCUT2D eigenvalue weighted by atomic mass is 9.97. The fourth-order valence-electron chi connectivity index (χ4n) is 6.71. The van der Waals surface area contributed by atoms with E-state index in [0.29, 0.717) is 64.4 Å². The predicted molar refractivity (Wildman–Crippen MR) is 171 cm³/mol. The zero-order chi connectivity index (χ0) is 32.9. The number of fused-ring (bicyclic) bond motifs is 1. The van der Waals surface area contributed by atoms with E-state index < -0.39 is 17.6 Å². The zero-order valence-electron chi connectivity index (χ0n) is 26.3. The first-order chi connectivity index (χ1) is 22.6. The second-order valence-corrected chi connectivity index (χ2v) is 13.1. The third kappa shape index (κ3) is 6.32. The van der Waals surface area contributed by atoms with E-state index >= 15 is 0 Å². The fourth-order valence-corrected chi connectivity index (χ4v) is 6.71. The Labute approximate surface area is 271 Å². The molecule has 4 aromatic rings. The van der Waals surface area contributed by atoms with Gasteiger partial charge < -0.3 is 9.88 Å². The Morgan fingerprint density at radius 2 is 1.89 bits per heavy atom. The fraction of sp³-hybridized carbons (Fsp3) is 0.400. The second-order valence-electron chi connectivity index (χ2n) is 13.1. The minimum atomic E-state index is -4.62. The maximum Gasteiger partial charge on any atom is 0.416 e. The Morgan fingerprint density at radius 3 is 2.57 bits per heavy atom. The van der Waals surface area contributed by atoms with Crippen LogP contribution in [0.3, 0.4) is 0 Å². The summed E-state index contributed by atoms with van der Waals surface area (Å²) in [5, 5.41) is 21.4. The van der Waals surface area contributed by atoms with Gasteiger partial charge in [0.05, 0.1) is 23.7 Å². The van der Waals surface area contributed by atoms with Crippen molar-refractivity contribution in [3.8, 4) is 28.6 Å². The Morgan fingerprint density at radius 1 is 1.06 bits per heavy atom. The number of nitriles is 1. The lowest BCUT2D eigenvalue weighted by Gasteiger charge is -2.19. The van der Waals surface area contributed by atoms with Crippen LogP contribution in [0.5, 0.6) is 0 Å². The van der Waals surface area contributed by atoms with Gasteiger partial charge in [-0.25, -0.2) is 4.98 Å². The van der Waals surface area contributed by atoms with Crippen LogP contribution in [-0.4, -0.2) is 50.2 Å². The minimum absolute atomic E-state index is 0.0391. The van der Waals surface area contributed by atoms with Gasteiger partial charge in [-0.1, -0.05) is 19.8 Å². The maximum absolute atomic E-state index is 14.5. The number of nitrogens with one attached hydrogen (secondary N) is 1. The van der Waals surface area contributed by atoms with Gasteiger partial charge >= 0.3 is 6.18 Å². The molecule has 0 spiro atoms. The number of hydrogen-bond acceptors (Lipinski definition) is 7. The van der Waals surface area contributed by atoms with E-state index in [0.717, 1.165) is 25.9 Å². The summed E-state index contributed by atoms with van der Waals surface area (Å²) in [7, 11) is 1.82. The van der Waals surface area contributed by atoms with Gasteiger partial charge in [-0.3, -0.25) is 14.6 Å². The normalized spacial score (nSPS) is 18.1. The van der Waals surface area contributed by atoms with Crippen molar-refractivity contribution in [3.63, 3.8) is 0 Å². The number of benzene rings is 2. The van der Waals surface area contributed by atoms with Crippen LogP contribution in [0.25, 0.3) is 22.5 Å². The van der Waals surface area contributed by atoms with Gasteiger partial charge in [-0.15, -0.1) is 10.2 Å². The standard InChI is InChI=1S/C35H35F3N8O/c1-21-8-10-45(17-21)18-24-12-28-29(30(13-24)35(36,37)38)19-46(34(28)47)32-15-25(14-31(42-32)40-9-7-22-3-4-22)27-11-23(16-39)5-6-26(27)33-43-41-20-44(33)2/h5-6,11-15,20-22H,3-4,7-10,17-19H2,1-2H3,(H,40,42)/t21-/m0/s1. The van der Waals surface area contributed by atoms with Crippen LogP contribution in [0.4, 0.5) is 24.8 Å². The number of pyridine rings is 1. The average Bonchev–Trinajstić information content (AvgIpc) is 3.47. The van der Waals surface area contributed by atoms with E-state index in [-0.39, 0.29) is 23.5 Å².